The second-order valence-corrected chi connectivity index (χ2v) is 6.87. The number of hydrogen-bond acceptors (Lipinski definition) is 4. The van der Waals surface area contributed by atoms with Crippen molar-refractivity contribution in [3.8, 4) is 11.8 Å². The van der Waals surface area contributed by atoms with Crippen LogP contribution >= 0.6 is 0 Å². The van der Waals surface area contributed by atoms with Gasteiger partial charge in [0.2, 0.25) is 10.0 Å². The number of aliphatic hydroxyl groups excluding tert-OH is 1. The first-order chi connectivity index (χ1) is 10.1. The minimum atomic E-state index is -3.60. The molecule has 2 rings (SSSR count). The van der Waals surface area contributed by atoms with Gasteiger partial charge in [0.1, 0.15) is 0 Å². The lowest BCUT2D eigenvalue weighted by molar-refractivity contribution is 0.155. The van der Waals surface area contributed by atoms with E-state index in [9.17, 15) is 13.5 Å². The molecule has 1 aliphatic rings. The van der Waals surface area contributed by atoms with E-state index in [0.717, 1.165) is 12.8 Å². The predicted molar refractivity (Wildman–Crippen MR) is 81.0 cm³/mol. The minimum absolute atomic E-state index is 0.147. The highest BCUT2D eigenvalue weighted by atomic mass is 32.2. The molecular formula is C15H20N2O3S. The third kappa shape index (κ3) is 3.63. The van der Waals surface area contributed by atoms with Crippen LogP contribution in [0.25, 0.3) is 0 Å². The van der Waals surface area contributed by atoms with Crippen LogP contribution in [0.2, 0.25) is 0 Å². The molecule has 0 saturated carbocycles. The van der Waals surface area contributed by atoms with Crippen LogP contribution in [-0.4, -0.2) is 43.6 Å². The van der Waals surface area contributed by atoms with Gasteiger partial charge in [-0.2, -0.15) is 4.31 Å². The Labute approximate surface area is 125 Å². The number of nitrogens with two attached hydrogens (primary N) is 1. The van der Waals surface area contributed by atoms with Crippen molar-refractivity contribution >= 4 is 10.0 Å². The van der Waals surface area contributed by atoms with E-state index >= 15 is 0 Å². The Hall–Kier alpha value is -1.39. The number of hydrogen-bond donors (Lipinski definition) is 2. The lowest BCUT2D eigenvalue weighted by Gasteiger charge is -2.33. The zero-order chi connectivity index (χ0) is 15.3. The third-order valence-corrected chi connectivity index (χ3v) is 5.51. The summed E-state index contributed by atoms with van der Waals surface area (Å²) in [5, 5.41) is 9.40. The summed E-state index contributed by atoms with van der Waals surface area (Å²) in [6.45, 7) is 0.536. The van der Waals surface area contributed by atoms with Crippen molar-refractivity contribution < 1.29 is 13.5 Å². The largest absolute Gasteiger partial charge is 0.395 e. The second-order valence-electron chi connectivity index (χ2n) is 4.98. The molecule has 0 radical (unpaired) electrons. The van der Waals surface area contributed by atoms with Gasteiger partial charge in [-0.25, -0.2) is 8.42 Å². The average Bonchev–Trinajstić information content (AvgIpc) is 2.53. The zero-order valence-electron chi connectivity index (χ0n) is 11.8. The van der Waals surface area contributed by atoms with Gasteiger partial charge < -0.3 is 10.8 Å². The van der Waals surface area contributed by atoms with Crippen molar-refractivity contribution in [3.63, 3.8) is 0 Å². The van der Waals surface area contributed by atoms with Crippen LogP contribution in [0.4, 0.5) is 0 Å². The summed E-state index contributed by atoms with van der Waals surface area (Å²) in [7, 11) is -3.60. The molecule has 6 heteroatoms. The van der Waals surface area contributed by atoms with Gasteiger partial charge in [0.25, 0.3) is 0 Å². The van der Waals surface area contributed by atoms with Crippen molar-refractivity contribution in [1.29, 1.82) is 0 Å². The molecule has 0 bridgehead atoms. The van der Waals surface area contributed by atoms with Gasteiger partial charge in [0.15, 0.2) is 0 Å². The van der Waals surface area contributed by atoms with Crippen LogP contribution in [0.3, 0.4) is 0 Å². The van der Waals surface area contributed by atoms with E-state index < -0.39 is 10.0 Å². The molecule has 0 aromatic heterocycles. The molecule has 5 nitrogen and oxygen atoms in total. The maximum Gasteiger partial charge on any atom is 0.243 e. The number of rotatable bonds is 3. The van der Waals surface area contributed by atoms with Gasteiger partial charge in [-0.05, 0) is 31.0 Å². The van der Waals surface area contributed by atoms with E-state index in [4.69, 9.17) is 5.73 Å². The van der Waals surface area contributed by atoms with Crippen LogP contribution in [0, 0.1) is 11.8 Å². The van der Waals surface area contributed by atoms with Crippen LogP contribution in [-0.2, 0) is 10.0 Å². The van der Waals surface area contributed by atoms with E-state index in [-0.39, 0.29) is 24.1 Å². The van der Waals surface area contributed by atoms with Crippen LogP contribution in [0.5, 0.6) is 0 Å². The van der Waals surface area contributed by atoms with Gasteiger partial charge in [0.05, 0.1) is 18.0 Å². The number of benzene rings is 1. The maximum atomic E-state index is 12.7. The molecule has 114 valence electrons. The number of aliphatic hydroxyl groups is 1. The zero-order valence-corrected chi connectivity index (χ0v) is 12.6. The van der Waals surface area contributed by atoms with Gasteiger partial charge >= 0.3 is 0 Å². The summed E-state index contributed by atoms with van der Waals surface area (Å²) in [6.07, 6.45) is 2.46. The topological polar surface area (TPSA) is 83.6 Å². The van der Waals surface area contributed by atoms with E-state index in [2.05, 4.69) is 11.8 Å². The Morgan fingerprint density at radius 1 is 1.38 bits per heavy atom. The molecule has 1 aliphatic heterocycles. The molecule has 1 aromatic rings. The molecule has 0 spiro atoms. The smallest absolute Gasteiger partial charge is 0.243 e. The third-order valence-electron chi connectivity index (χ3n) is 3.56. The molecule has 1 fully saturated rings. The van der Waals surface area contributed by atoms with Crippen LogP contribution in [0.15, 0.2) is 29.2 Å². The first kappa shape index (κ1) is 16.0. The summed E-state index contributed by atoms with van der Waals surface area (Å²) in [4.78, 5) is 0.215. The van der Waals surface area contributed by atoms with Crippen molar-refractivity contribution in [1.82, 2.24) is 4.31 Å². The van der Waals surface area contributed by atoms with E-state index in [1.54, 1.807) is 24.3 Å². The molecule has 1 aromatic carbocycles. The highest BCUT2D eigenvalue weighted by Gasteiger charge is 2.33. The monoisotopic (exact) mass is 308 g/mol. The van der Waals surface area contributed by atoms with Crippen molar-refractivity contribution in [2.75, 3.05) is 19.7 Å². The summed E-state index contributed by atoms with van der Waals surface area (Å²) in [6, 6.07) is 6.21. The molecule has 21 heavy (non-hydrogen) atoms. The first-order valence-electron chi connectivity index (χ1n) is 7.01. The molecule has 0 amide bonds. The fourth-order valence-electron chi connectivity index (χ4n) is 2.50. The van der Waals surface area contributed by atoms with Gasteiger partial charge in [0, 0.05) is 18.2 Å². The summed E-state index contributed by atoms with van der Waals surface area (Å²) in [5.41, 5.74) is 5.95. The fourth-order valence-corrected chi connectivity index (χ4v) is 4.23. The standard InChI is InChI=1S/C15H20N2O3S/c16-9-4-6-13-5-3-8-15(11-13)21(19,20)17-10-2-1-7-14(17)12-18/h3,5,8,11,14,18H,1-2,7,9-10,12,16H2. The molecule has 1 heterocycles. The number of nitrogens with zero attached hydrogens (tertiary/aromatic N) is 1. The maximum absolute atomic E-state index is 12.7. The SMILES string of the molecule is NCC#Cc1cccc(S(=O)(=O)N2CCCCC2CO)c1. The minimum Gasteiger partial charge on any atom is -0.395 e. The van der Waals surface area contributed by atoms with E-state index in [1.165, 1.54) is 4.31 Å². The van der Waals surface area contributed by atoms with Crippen molar-refractivity contribution in [3.05, 3.63) is 29.8 Å². The summed E-state index contributed by atoms with van der Waals surface area (Å²) < 4.78 is 26.9. The highest BCUT2D eigenvalue weighted by molar-refractivity contribution is 7.89. The Kier molecular flexibility index (Phi) is 5.37. The molecule has 1 unspecified atom stereocenters. The van der Waals surface area contributed by atoms with Crippen LogP contribution in [0.1, 0.15) is 24.8 Å². The van der Waals surface area contributed by atoms with E-state index in [0.29, 0.717) is 18.5 Å². The average molecular weight is 308 g/mol. The Bertz CT molecular complexity index is 646. The predicted octanol–water partition coefficient (Wildman–Crippen LogP) is 0.532. The highest BCUT2D eigenvalue weighted by Crippen LogP contribution is 2.25. The Morgan fingerprint density at radius 3 is 2.90 bits per heavy atom. The molecule has 3 N–H and O–H groups in total. The molecule has 1 atom stereocenters. The quantitative estimate of drug-likeness (QED) is 0.798. The Morgan fingerprint density at radius 2 is 2.19 bits per heavy atom. The number of sulfonamides is 1. The number of piperidine rings is 1. The van der Waals surface area contributed by atoms with E-state index in [1.807, 2.05) is 0 Å². The van der Waals surface area contributed by atoms with Crippen molar-refractivity contribution in [2.24, 2.45) is 5.73 Å². The normalized spacial score (nSPS) is 19.8. The Balaban J connectivity index is 2.34. The lowest BCUT2D eigenvalue weighted by Crippen LogP contribution is -2.45. The molecule has 0 aliphatic carbocycles. The van der Waals surface area contributed by atoms with Crippen LogP contribution < -0.4 is 5.73 Å². The van der Waals surface area contributed by atoms with Gasteiger partial charge in [-0.15, -0.1) is 0 Å². The van der Waals surface area contributed by atoms with Gasteiger partial charge in [-0.3, -0.25) is 0 Å². The van der Waals surface area contributed by atoms with Gasteiger partial charge in [-0.1, -0.05) is 24.3 Å². The molecular weight excluding hydrogens is 288 g/mol. The fraction of sp³-hybridized carbons (Fsp3) is 0.467. The summed E-state index contributed by atoms with van der Waals surface area (Å²) >= 11 is 0. The lowest BCUT2D eigenvalue weighted by atomic mass is 10.1. The molecule has 1 saturated heterocycles. The summed E-state index contributed by atoms with van der Waals surface area (Å²) in [5.74, 6) is 5.55. The van der Waals surface area contributed by atoms with Crippen molar-refractivity contribution in [2.45, 2.75) is 30.2 Å². The first-order valence-corrected chi connectivity index (χ1v) is 8.45. The second kappa shape index (κ2) is 7.05.